The van der Waals surface area contributed by atoms with Crippen LogP contribution in [0.15, 0.2) is 12.2 Å². The molecule has 0 aliphatic carbocycles. The van der Waals surface area contributed by atoms with Crippen molar-refractivity contribution in [3.63, 3.8) is 0 Å². The fraction of sp³-hybridized carbons (Fsp3) is 0.942. The minimum atomic E-state index is -4.52. The molecule has 0 radical (unpaired) electrons. The van der Waals surface area contributed by atoms with Gasteiger partial charge in [-0.25, -0.2) is 4.57 Å². The van der Waals surface area contributed by atoms with Gasteiger partial charge in [0.15, 0.2) is 0 Å². The van der Waals surface area contributed by atoms with Crippen molar-refractivity contribution < 1.29 is 43.0 Å². The van der Waals surface area contributed by atoms with Crippen LogP contribution in [0.25, 0.3) is 0 Å². The van der Waals surface area contributed by atoms with Gasteiger partial charge in [0.2, 0.25) is 0 Å². The number of aliphatic hydroxyl groups excluding tert-OH is 2. The number of carbonyl (C=O) groups is 1. The Morgan fingerprint density at radius 1 is 0.484 bits per heavy atom. The molecule has 370 valence electrons. The molecule has 0 aromatic carbocycles. The van der Waals surface area contributed by atoms with Crippen LogP contribution in [0.4, 0.5) is 0 Å². The number of phosphoric ester groups is 1. The summed E-state index contributed by atoms with van der Waals surface area (Å²) >= 11 is 0. The quantitative estimate of drug-likeness (QED) is 0.0236. The van der Waals surface area contributed by atoms with E-state index < -0.39 is 33.2 Å². The third kappa shape index (κ3) is 48.7. The van der Waals surface area contributed by atoms with Gasteiger partial charge in [0.05, 0.1) is 26.4 Å². The minimum absolute atomic E-state index is 0.0560. The summed E-state index contributed by atoms with van der Waals surface area (Å²) in [6.45, 7) is 3.59. The third-order valence-corrected chi connectivity index (χ3v) is 12.9. The normalized spacial score (nSPS) is 13.8. The number of hydrogen-bond donors (Lipinski definition) is 3. The lowest BCUT2D eigenvalue weighted by atomic mass is 10.0. The Bertz CT molecular complexity index is 980. The molecule has 0 amide bonds. The van der Waals surface area contributed by atoms with E-state index in [0.717, 1.165) is 32.1 Å². The molecular weight excluding hydrogens is 800 g/mol. The van der Waals surface area contributed by atoms with Gasteiger partial charge in [-0.3, -0.25) is 13.8 Å². The number of phosphoric acid groups is 1. The topological polar surface area (TPSA) is 132 Å². The van der Waals surface area contributed by atoms with Crippen molar-refractivity contribution in [1.29, 1.82) is 0 Å². The number of ether oxygens (including phenoxy) is 2. The van der Waals surface area contributed by atoms with Crippen molar-refractivity contribution in [2.75, 3.05) is 33.0 Å². The Kier molecular flexibility index (Phi) is 49.0. The number of hydrogen-bond acceptors (Lipinski definition) is 8. The molecule has 0 saturated carbocycles. The van der Waals surface area contributed by atoms with E-state index in [2.05, 4.69) is 26.0 Å². The second kappa shape index (κ2) is 49.6. The van der Waals surface area contributed by atoms with Crippen LogP contribution in [-0.2, 0) is 27.9 Å². The summed E-state index contributed by atoms with van der Waals surface area (Å²) < 4.78 is 33.6. The third-order valence-electron chi connectivity index (χ3n) is 12.0. The molecule has 0 heterocycles. The highest BCUT2D eigenvalue weighted by Gasteiger charge is 2.26. The van der Waals surface area contributed by atoms with Gasteiger partial charge in [0.25, 0.3) is 0 Å². The van der Waals surface area contributed by atoms with E-state index in [9.17, 15) is 19.4 Å². The maximum absolute atomic E-state index is 12.7. The summed E-state index contributed by atoms with van der Waals surface area (Å²) in [6, 6.07) is 0. The zero-order chi connectivity index (χ0) is 45.3. The predicted octanol–water partition coefficient (Wildman–Crippen LogP) is 15.6. The first-order valence-electron chi connectivity index (χ1n) is 26.7. The van der Waals surface area contributed by atoms with Crippen LogP contribution in [-0.4, -0.2) is 66.3 Å². The molecular formula is C52H103O9P. The molecule has 9 nitrogen and oxygen atoms in total. The lowest BCUT2D eigenvalue weighted by Crippen LogP contribution is -2.29. The Hall–Kier alpha value is -0.800. The Morgan fingerprint density at radius 3 is 1.21 bits per heavy atom. The molecule has 0 aromatic heterocycles. The van der Waals surface area contributed by atoms with Crippen LogP contribution in [0.2, 0.25) is 0 Å². The second-order valence-electron chi connectivity index (χ2n) is 18.3. The number of rotatable bonds is 52. The van der Waals surface area contributed by atoms with E-state index in [1.54, 1.807) is 0 Å². The van der Waals surface area contributed by atoms with Crippen molar-refractivity contribution in [3.8, 4) is 0 Å². The zero-order valence-corrected chi connectivity index (χ0v) is 41.8. The minimum Gasteiger partial charge on any atom is -0.457 e. The van der Waals surface area contributed by atoms with Crippen molar-refractivity contribution in [2.45, 2.75) is 283 Å². The number of esters is 1. The number of carbonyl (C=O) groups excluding carboxylic acids is 1. The molecule has 10 heteroatoms. The molecule has 3 atom stereocenters. The van der Waals surface area contributed by atoms with Crippen molar-refractivity contribution in [2.24, 2.45) is 0 Å². The van der Waals surface area contributed by atoms with E-state index in [4.69, 9.17) is 23.6 Å². The fourth-order valence-electron chi connectivity index (χ4n) is 7.88. The Labute approximate surface area is 383 Å². The van der Waals surface area contributed by atoms with Crippen molar-refractivity contribution >= 4 is 13.8 Å². The van der Waals surface area contributed by atoms with E-state index in [1.807, 2.05) is 0 Å². The van der Waals surface area contributed by atoms with Crippen molar-refractivity contribution in [3.05, 3.63) is 12.2 Å². The number of allylic oxidation sites excluding steroid dienone is 2. The molecule has 0 spiro atoms. The molecule has 0 aromatic rings. The smallest absolute Gasteiger partial charge is 0.457 e. The van der Waals surface area contributed by atoms with E-state index in [0.29, 0.717) is 6.61 Å². The number of aliphatic hydroxyl groups is 2. The molecule has 62 heavy (non-hydrogen) atoms. The van der Waals surface area contributed by atoms with Crippen LogP contribution in [0.5, 0.6) is 0 Å². The highest BCUT2D eigenvalue weighted by Crippen LogP contribution is 2.43. The maximum atomic E-state index is 12.7. The van der Waals surface area contributed by atoms with E-state index in [1.165, 1.54) is 218 Å². The first-order valence-corrected chi connectivity index (χ1v) is 28.2. The first-order chi connectivity index (χ1) is 30.3. The highest BCUT2D eigenvalue weighted by atomic mass is 31.2. The highest BCUT2D eigenvalue weighted by molar-refractivity contribution is 7.47. The molecule has 0 rings (SSSR count). The van der Waals surface area contributed by atoms with Gasteiger partial charge in [-0.05, 0) is 38.5 Å². The lowest BCUT2D eigenvalue weighted by Gasteiger charge is -2.20. The summed E-state index contributed by atoms with van der Waals surface area (Å²) in [4.78, 5) is 22.7. The summed E-state index contributed by atoms with van der Waals surface area (Å²) in [5.41, 5.74) is 0. The molecule has 3 unspecified atom stereocenters. The van der Waals surface area contributed by atoms with Crippen LogP contribution in [0, 0.1) is 0 Å². The second-order valence-corrected chi connectivity index (χ2v) is 19.7. The predicted molar refractivity (Wildman–Crippen MR) is 261 cm³/mol. The standard InChI is InChI=1S/C52H103O9P/c1-3-5-7-9-11-13-15-17-19-21-23-24-25-26-27-28-30-32-34-36-38-40-42-44-52(55)61-51(49-60-62(56,57)59-47-50(54)46-53)48-58-45-43-41-39-37-35-33-31-29-22-20-18-16-14-12-10-8-6-4-2/h21,23,50-51,53-54H,3-20,22,24-49H2,1-2H3,(H,56,57)/b23-21-. The SMILES string of the molecule is CCCCCCCCCC/C=C\CCCCCCCCCCCCCC(=O)OC(COCCCCCCCCCCCCCCCCCCCC)COP(=O)(O)OCC(O)CO. The molecule has 3 N–H and O–H groups in total. The van der Waals surface area contributed by atoms with Crippen LogP contribution in [0.3, 0.4) is 0 Å². The van der Waals surface area contributed by atoms with Crippen molar-refractivity contribution in [1.82, 2.24) is 0 Å². The molecule has 0 fully saturated rings. The van der Waals surface area contributed by atoms with Gasteiger partial charge in [0.1, 0.15) is 12.2 Å². The number of unbranched alkanes of at least 4 members (excludes halogenated alkanes) is 36. The molecule has 0 aliphatic rings. The molecule has 0 bridgehead atoms. The lowest BCUT2D eigenvalue weighted by molar-refractivity contribution is -0.154. The van der Waals surface area contributed by atoms with Crippen LogP contribution >= 0.6 is 7.82 Å². The van der Waals surface area contributed by atoms with Gasteiger partial charge in [-0.15, -0.1) is 0 Å². The van der Waals surface area contributed by atoms with Gasteiger partial charge in [-0.1, -0.05) is 238 Å². The van der Waals surface area contributed by atoms with Gasteiger partial charge in [-0.2, -0.15) is 0 Å². The van der Waals surface area contributed by atoms with E-state index in [-0.39, 0.29) is 25.6 Å². The Balaban J connectivity index is 4.01. The largest absolute Gasteiger partial charge is 0.472 e. The molecule has 0 aliphatic heterocycles. The maximum Gasteiger partial charge on any atom is 0.472 e. The zero-order valence-electron chi connectivity index (χ0n) is 40.9. The average molecular weight is 903 g/mol. The summed E-state index contributed by atoms with van der Waals surface area (Å²) in [7, 11) is -4.52. The summed E-state index contributed by atoms with van der Waals surface area (Å²) in [6.07, 6.45) is 53.2. The van der Waals surface area contributed by atoms with Crippen LogP contribution < -0.4 is 0 Å². The van der Waals surface area contributed by atoms with Gasteiger partial charge < -0.3 is 24.6 Å². The Morgan fingerprint density at radius 2 is 0.823 bits per heavy atom. The van der Waals surface area contributed by atoms with Crippen LogP contribution in [0.1, 0.15) is 271 Å². The van der Waals surface area contributed by atoms with Gasteiger partial charge >= 0.3 is 13.8 Å². The first kappa shape index (κ1) is 61.2. The fourth-order valence-corrected chi connectivity index (χ4v) is 8.67. The summed E-state index contributed by atoms with van der Waals surface area (Å²) in [5.74, 6) is -0.376. The average Bonchev–Trinajstić information content (AvgIpc) is 3.26. The monoisotopic (exact) mass is 903 g/mol. The summed E-state index contributed by atoms with van der Waals surface area (Å²) in [5, 5.41) is 18.4. The van der Waals surface area contributed by atoms with Gasteiger partial charge in [0, 0.05) is 13.0 Å². The molecule has 0 saturated heterocycles. The van der Waals surface area contributed by atoms with E-state index >= 15 is 0 Å².